The van der Waals surface area contributed by atoms with Crippen LogP contribution in [0, 0.1) is 5.92 Å². The molecule has 8 heteroatoms. The molecular formula is C19H23N7O. The lowest BCUT2D eigenvalue weighted by Crippen LogP contribution is -2.37. The predicted molar refractivity (Wildman–Crippen MR) is 102 cm³/mol. The fourth-order valence-electron chi connectivity index (χ4n) is 4.33. The van der Waals surface area contributed by atoms with E-state index in [1.54, 1.807) is 21.8 Å². The van der Waals surface area contributed by atoms with E-state index in [2.05, 4.69) is 25.1 Å². The van der Waals surface area contributed by atoms with E-state index < -0.39 is 0 Å². The van der Waals surface area contributed by atoms with Gasteiger partial charge in [0.2, 0.25) is 0 Å². The Kier molecular flexibility index (Phi) is 3.91. The van der Waals surface area contributed by atoms with Crippen molar-refractivity contribution in [3.8, 4) is 0 Å². The van der Waals surface area contributed by atoms with Crippen molar-refractivity contribution in [3.63, 3.8) is 0 Å². The second-order valence-electron chi connectivity index (χ2n) is 7.66. The predicted octanol–water partition coefficient (Wildman–Crippen LogP) is 1.33. The molecule has 4 heterocycles. The Bertz CT molecular complexity index is 1050. The number of anilines is 1. The van der Waals surface area contributed by atoms with Gasteiger partial charge in [0, 0.05) is 38.9 Å². The second-order valence-corrected chi connectivity index (χ2v) is 7.66. The van der Waals surface area contributed by atoms with Crippen LogP contribution in [0.2, 0.25) is 0 Å². The van der Waals surface area contributed by atoms with Crippen LogP contribution in [-0.2, 0) is 26.4 Å². The van der Waals surface area contributed by atoms with Gasteiger partial charge in [-0.15, -0.1) is 0 Å². The molecule has 8 nitrogen and oxygen atoms in total. The molecule has 0 saturated carbocycles. The molecule has 1 aliphatic heterocycles. The number of nitrogens with zero attached hydrogens (tertiary/aromatic N) is 7. The van der Waals surface area contributed by atoms with Crippen LogP contribution in [-0.4, -0.2) is 42.6 Å². The third-order valence-electron chi connectivity index (χ3n) is 5.78. The standard InChI is InChI=1S/C19H23N7O/c1-24-11-15-18(23-24)20-12-21-19(15)25-7-5-13(6-8-25)10-26-17(27)9-14-3-2-4-16(14)22-26/h9,11-13H,2-8,10H2,1H3. The topological polar surface area (TPSA) is 81.7 Å². The maximum atomic E-state index is 12.4. The number of piperidine rings is 1. The second kappa shape index (κ2) is 6.44. The third kappa shape index (κ3) is 2.98. The Morgan fingerprint density at radius 2 is 2.00 bits per heavy atom. The van der Waals surface area contributed by atoms with Crippen LogP contribution in [0.5, 0.6) is 0 Å². The van der Waals surface area contributed by atoms with Gasteiger partial charge < -0.3 is 4.90 Å². The van der Waals surface area contributed by atoms with Gasteiger partial charge >= 0.3 is 0 Å². The summed E-state index contributed by atoms with van der Waals surface area (Å²) in [6.07, 6.45) is 8.73. The summed E-state index contributed by atoms with van der Waals surface area (Å²) in [7, 11) is 1.90. The van der Waals surface area contributed by atoms with Crippen molar-refractivity contribution in [1.82, 2.24) is 29.5 Å². The molecule has 0 spiro atoms. The molecule has 140 valence electrons. The maximum Gasteiger partial charge on any atom is 0.267 e. The average molecular weight is 365 g/mol. The molecule has 1 saturated heterocycles. The fraction of sp³-hybridized carbons (Fsp3) is 0.526. The first kappa shape index (κ1) is 16.4. The molecule has 2 aliphatic rings. The molecule has 0 amide bonds. The van der Waals surface area contributed by atoms with Crippen LogP contribution in [0.15, 0.2) is 23.4 Å². The normalized spacial score (nSPS) is 17.6. The van der Waals surface area contributed by atoms with E-state index in [1.807, 2.05) is 13.2 Å². The Morgan fingerprint density at radius 1 is 1.15 bits per heavy atom. The van der Waals surface area contributed by atoms with E-state index in [9.17, 15) is 4.79 Å². The number of hydrogen-bond donors (Lipinski definition) is 0. The van der Waals surface area contributed by atoms with Crippen LogP contribution in [0.1, 0.15) is 30.5 Å². The Morgan fingerprint density at radius 3 is 2.85 bits per heavy atom. The molecule has 0 N–H and O–H groups in total. The van der Waals surface area contributed by atoms with Crippen molar-refractivity contribution in [3.05, 3.63) is 40.2 Å². The van der Waals surface area contributed by atoms with Gasteiger partial charge in [0.15, 0.2) is 5.65 Å². The molecule has 1 fully saturated rings. The maximum absolute atomic E-state index is 12.4. The first-order valence-electron chi connectivity index (χ1n) is 9.66. The summed E-state index contributed by atoms with van der Waals surface area (Å²) in [6, 6.07) is 1.80. The van der Waals surface area contributed by atoms with Gasteiger partial charge in [0.1, 0.15) is 12.1 Å². The average Bonchev–Trinajstić information content (AvgIpc) is 3.27. The number of rotatable bonds is 3. The van der Waals surface area contributed by atoms with E-state index in [4.69, 9.17) is 0 Å². The molecule has 0 unspecified atom stereocenters. The zero-order chi connectivity index (χ0) is 18.4. The highest BCUT2D eigenvalue weighted by Gasteiger charge is 2.24. The summed E-state index contributed by atoms with van der Waals surface area (Å²) in [6.45, 7) is 2.56. The molecule has 0 bridgehead atoms. The highest BCUT2D eigenvalue weighted by Crippen LogP contribution is 2.27. The van der Waals surface area contributed by atoms with Crippen molar-refractivity contribution < 1.29 is 0 Å². The molecule has 0 atom stereocenters. The van der Waals surface area contributed by atoms with Gasteiger partial charge in [0.05, 0.1) is 11.1 Å². The smallest absolute Gasteiger partial charge is 0.267 e. The number of aromatic nitrogens is 6. The van der Waals surface area contributed by atoms with Crippen LogP contribution in [0.25, 0.3) is 11.0 Å². The van der Waals surface area contributed by atoms with E-state index in [1.165, 1.54) is 0 Å². The molecule has 0 aromatic carbocycles. The first-order valence-corrected chi connectivity index (χ1v) is 9.66. The highest BCUT2D eigenvalue weighted by atomic mass is 16.1. The summed E-state index contributed by atoms with van der Waals surface area (Å²) in [4.78, 5) is 23.4. The summed E-state index contributed by atoms with van der Waals surface area (Å²) < 4.78 is 3.47. The third-order valence-corrected chi connectivity index (χ3v) is 5.78. The van der Waals surface area contributed by atoms with Gasteiger partial charge in [-0.2, -0.15) is 10.2 Å². The summed E-state index contributed by atoms with van der Waals surface area (Å²) in [5.41, 5.74) is 3.05. The number of fused-ring (bicyclic) bond motifs is 2. The molecule has 3 aromatic heterocycles. The summed E-state index contributed by atoms with van der Waals surface area (Å²) in [5, 5.41) is 9.99. The van der Waals surface area contributed by atoms with Crippen LogP contribution in [0.3, 0.4) is 0 Å². The lowest BCUT2D eigenvalue weighted by molar-refractivity contribution is 0.333. The Labute approximate surface area is 156 Å². The van der Waals surface area contributed by atoms with E-state index in [0.29, 0.717) is 12.5 Å². The molecule has 3 aromatic rings. The van der Waals surface area contributed by atoms with Crippen molar-refractivity contribution >= 4 is 16.9 Å². The van der Waals surface area contributed by atoms with Crippen molar-refractivity contribution in [2.75, 3.05) is 18.0 Å². The van der Waals surface area contributed by atoms with Crippen molar-refractivity contribution in [2.24, 2.45) is 13.0 Å². The van der Waals surface area contributed by atoms with Gasteiger partial charge in [-0.3, -0.25) is 9.48 Å². The quantitative estimate of drug-likeness (QED) is 0.696. The highest BCUT2D eigenvalue weighted by molar-refractivity contribution is 5.86. The minimum Gasteiger partial charge on any atom is -0.356 e. The lowest BCUT2D eigenvalue weighted by Gasteiger charge is -2.33. The van der Waals surface area contributed by atoms with E-state index in [-0.39, 0.29) is 5.56 Å². The molecular weight excluding hydrogens is 342 g/mol. The minimum absolute atomic E-state index is 0.0472. The number of aryl methyl sites for hydroxylation is 3. The van der Waals surface area contributed by atoms with Crippen molar-refractivity contribution in [1.29, 1.82) is 0 Å². The summed E-state index contributed by atoms with van der Waals surface area (Å²) in [5.74, 6) is 1.43. The van der Waals surface area contributed by atoms with Crippen molar-refractivity contribution in [2.45, 2.75) is 38.6 Å². The van der Waals surface area contributed by atoms with Gasteiger partial charge in [-0.1, -0.05) is 0 Å². The zero-order valence-electron chi connectivity index (χ0n) is 15.5. The number of hydrogen-bond acceptors (Lipinski definition) is 6. The largest absolute Gasteiger partial charge is 0.356 e. The summed E-state index contributed by atoms with van der Waals surface area (Å²) >= 11 is 0. The first-order chi connectivity index (χ1) is 13.2. The van der Waals surface area contributed by atoms with Gasteiger partial charge in [0.25, 0.3) is 5.56 Å². The SMILES string of the molecule is Cn1cc2c(N3CCC(Cn4nc5c(cc4=O)CCC5)CC3)ncnc2n1. The monoisotopic (exact) mass is 365 g/mol. The molecule has 5 rings (SSSR count). The molecule has 27 heavy (non-hydrogen) atoms. The lowest BCUT2D eigenvalue weighted by atomic mass is 9.96. The van der Waals surface area contributed by atoms with Crippen LogP contribution >= 0.6 is 0 Å². The zero-order valence-corrected chi connectivity index (χ0v) is 15.5. The van der Waals surface area contributed by atoms with E-state index >= 15 is 0 Å². The van der Waals surface area contributed by atoms with Crippen LogP contribution < -0.4 is 10.5 Å². The molecule has 1 aliphatic carbocycles. The fourth-order valence-corrected chi connectivity index (χ4v) is 4.33. The Hall–Kier alpha value is -2.77. The van der Waals surface area contributed by atoms with Gasteiger partial charge in [-0.25, -0.2) is 14.6 Å². The van der Waals surface area contributed by atoms with Crippen LogP contribution in [0.4, 0.5) is 5.82 Å². The van der Waals surface area contributed by atoms with E-state index in [0.717, 1.165) is 73.3 Å². The van der Waals surface area contributed by atoms with Gasteiger partial charge in [-0.05, 0) is 43.6 Å². The molecule has 0 radical (unpaired) electrons. The Balaban J connectivity index is 1.30. The minimum atomic E-state index is 0.0472.